The SMILES string of the molecule is Cc1ncc(C(=O)NCC2(C(=O)O)CCCC2)s1. The lowest BCUT2D eigenvalue weighted by Gasteiger charge is -2.23. The van der Waals surface area contributed by atoms with Gasteiger partial charge in [0.05, 0.1) is 16.6 Å². The van der Waals surface area contributed by atoms with Crippen molar-refractivity contribution < 1.29 is 14.7 Å². The predicted octanol–water partition coefficient (Wildman–Crippen LogP) is 1.83. The zero-order valence-electron chi connectivity index (χ0n) is 10.2. The van der Waals surface area contributed by atoms with Crippen molar-refractivity contribution in [1.82, 2.24) is 10.3 Å². The van der Waals surface area contributed by atoms with Crippen LogP contribution in [-0.4, -0.2) is 28.5 Å². The lowest BCUT2D eigenvalue weighted by atomic mass is 9.86. The van der Waals surface area contributed by atoms with E-state index in [0.717, 1.165) is 17.8 Å². The lowest BCUT2D eigenvalue weighted by Crippen LogP contribution is -2.41. The molecule has 0 unspecified atom stereocenters. The topological polar surface area (TPSA) is 79.3 Å². The molecule has 0 bridgehead atoms. The van der Waals surface area contributed by atoms with E-state index < -0.39 is 11.4 Å². The van der Waals surface area contributed by atoms with E-state index in [1.165, 1.54) is 17.5 Å². The molecule has 1 fully saturated rings. The highest BCUT2D eigenvalue weighted by atomic mass is 32.1. The normalized spacial score (nSPS) is 17.6. The highest BCUT2D eigenvalue weighted by Crippen LogP contribution is 2.37. The van der Waals surface area contributed by atoms with Gasteiger partial charge in [0.2, 0.25) is 0 Å². The number of carboxylic acid groups (broad SMARTS) is 1. The molecule has 1 aliphatic rings. The highest BCUT2D eigenvalue weighted by molar-refractivity contribution is 7.13. The van der Waals surface area contributed by atoms with Crippen molar-refractivity contribution in [1.29, 1.82) is 0 Å². The number of carboxylic acids is 1. The van der Waals surface area contributed by atoms with Gasteiger partial charge in [0.15, 0.2) is 0 Å². The average Bonchev–Trinajstić information content (AvgIpc) is 2.95. The molecule has 0 saturated heterocycles. The number of aromatic nitrogens is 1. The standard InChI is InChI=1S/C12H16N2O3S/c1-8-13-6-9(18-8)10(15)14-7-12(11(16)17)4-2-3-5-12/h6H,2-5,7H2,1H3,(H,14,15)(H,16,17). The van der Waals surface area contributed by atoms with Gasteiger partial charge in [0.25, 0.3) is 5.91 Å². The zero-order chi connectivity index (χ0) is 13.2. The van der Waals surface area contributed by atoms with Crippen LogP contribution < -0.4 is 5.32 Å². The number of carbonyl (C=O) groups is 2. The summed E-state index contributed by atoms with van der Waals surface area (Å²) >= 11 is 1.32. The van der Waals surface area contributed by atoms with E-state index in [0.29, 0.717) is 17.7 Å². The molecule has 1 aromatic heterocycles. The fraction of sp³-hybridized carbons (Fsp3) is 0.583. The molecule has 5 nitrogen and oxygen atoms in total. The number of hydrogen-bond acceptors (Lipinski definition) is 4. The Bertz CT molecular complexity index is 464. The van der Waals surface area contributed by atoms with Gasteiger partial charge in [-0.15, -0.1) is 11.3 Å². The molecule has 0 aromatic carbocycles. The molecule has 6 heteroatoms. The van der Waals surface area contributed by atoms with Crippen LogP contribution in [0.1, 0.15) is 40.4 Å². The first kappa shape index (κ1) is 13.0. The number of amides is 1. The Kier molecular flexibility index (Phi) is 3.65. The number of carbonyl (C=O) groups excluding carboxylic acids is 1. The summed E-state index contributed by atoms with van der Waals surface area (Å²) in [6.45, 7) is 2.04. The molecular weight excluding hydrogens is 252 g/mol. The van der Waals surface area contributed by atoms with Crippen LogP contribution in [0.3, 0.4) is 0 Å². The van der Waals surface area contributed by atoms with Crippen molar-refractivity contribution >= 4 is 23.2 Å². The molecular formula is C12H16N2O3S. The molecule has 1 aliphatic carbocycles. The summed E-state index contributed by atoms with van der Waals surface area (Å²) < 4.78 is 0. The summed E-state index contributed by atoms with van der Waals surface area (Å²) in [5, 5.41) is 12.8. The van der Waals surface area contributed by atoms with Crippen LogP contribution in [0, 0.1) is 12.3 Å². The van der Waals surface area contributed by atoms with Crippen molar-refractivity contribution in [2.45, 2.75) is 32.6 Å². The summed E-state index contributed by atoms with van der Waals surface area (Å²) in [5.41, 5.74) is -0.768. The van der Waals surface area contributed by atoms with Gasteiger partial charge < -0.3 is 10.4 Å². The maximum absolute atomic E-state index is 11.8. The molecule has 98 valence electrons. The second kappa shape index (κ2) is 5.06. The lowest BCUT2D eigenvalue weighted by molar-refractivity contribution is -0.148. The third-order valence-corrected chi connectivity index (χ3v) is 4.36. The van der Waals surface area contributed by atoms with Crippen molar-refractivity contribution in [2.75, 3.05) is 6.54 Å². The van der Waals surface area contributed by atoms with E-state index in [9.17, 15) is 14.7 Å². The minimum absolute atomic E-state index is 0.206. The summed E-state index contributed by atoms with van der Waals surface area (Å²) in [6, 6.07) is 0. The molecule has 1 heterocycles. The average molecular weight is 268 g/mol. The second-order valence-corrected chi connectivity index (χ2v) is 5.95. The molecule has 0 spiro atoms. The van der Waals surface area contributed by atoms with Gasteiger partial charge in [0.1, 0.15) is 4.88 Å². The smallest absolute Gasteiger partial charge is 0.311 e. The zero-order valence-corrected chi connectivity index (χ0v) is 11.0. The molecule has 1 aromatic rings. The molecule has 2 rings (SSSR count). The second-order valence-electron chi connectivity index (χ2n) is 4.72. The van der Waals surface area contributed by atoms with E-state index in [4.69, 9.17) is 0 Å². The number of nitrogens with zero attached hydrogens (tertiary/aromatic N) is 1. The fourth-order valence-electron chi connectivity index (χ4n) is 2.32. The van der Waals surface area contributed by atoms with Gasteiger partial charge in [-0.05, 0) is 19.8 Å². The third kappa shape index (κ3) is 2.53. The van der Waals surface area contributed by atoms with Crippen molar-refractivity contribution in [2.24, 2.45) is 5.41 Å². The molecule has 2 N–H and O–H groups in total. The van der Waals surface area contributed by atoms with Gasteiger partial charge in [-0.2, -0.15) is 0 Å². The quantitative estimate of drug-likeness (QED) is 0.873. The number of thiazole rings is 1. The first-order valence-electron chi connectivity index (χ1n) is 5.97. The molecule has 0 radical (unpaired) electrons. The fourth-order valence-corrected chi connectivity index (χ4v) is 3.01. The van der Waals surface area contributed by atoms with E-state index in [1.54, 1.807) is 0 Å². The maximum Gasteiger partial charge on any atom is 0.311 e. The van der Waals surface area contributed by atoms with Gasteiger partial charge in [-0.25, -0.2) is 4.98 Å². The minimum Gasteiger partial charge on any atom is -0.481 e. The number of hydrogen-bond donors (Lipinski definition) is 2. The van der Waals surface area contributed by atoms with E-state index in [2.05, 4.69) is 10.3 Å². The van der Waals surface area contributed by atoms with Crippen molar-refractivity contribution in [3.63, 3.8) is 0 Å². The first-order chi connectivity index (χ1) is 8.53. The van der Waals surface area contributed by atoms with Crippen LogP contribution in [-0.2, 0) is 4.79 Å². The Balaban J connectivity index is 1.98. The Morgan fingerprint density at radius 1 is 1.50 bits per heavy atom. The van der Waals surface area contributed by atoms with Crippen LogP contribution in [0.15, 0.2) is 6.20 Å². The van der Waals surface area contributed by atoms with Gasteiger partial charge in [-0.3, -0.25) is 9.59 Å². The Hall–Kier alpha value is -1.43. The largest absolute Gasteiger partial charge is 0.481 e. The monoisotopic (exact) mass is 268 g/mol. The van der Waals surface area contributed by atoms with Gasteiger partial charge in [-0.1, -0.05) is 12.8 Å². The molecule has 1 saturated carbocycles. The van der Waals surface area contributed by atoms with Crippen LogP contribution in [0.4, 0.5) is 0 Å². The third-order valence-electron chi connectivity index (χ3n) is 3.45. The van der Waals surface area contributed by atoms with E-state index >= 15 is 0 Å². The minimum atomic E-state index is -0.805. The number of rotatable bonds is 4. The van der Waals surface area contributed by atoms with Gasteiger partial charge >= 0.3 is 5.97 Å². The van der Waals surface area contributed by atoms with Crippen molar-refractivity contribution in [3.05, 3.63) is 16.1 Å². The van der Waals surface area contributed by atoms with Crippen molar-refractivity contribution in [3.8, 4) is 0 Å². The molecule has 18 heavy (non-hydrogen) atoms. The number of nitrogens with one attached hydrogen (secondary N) is 1. The van der Waals surface area contributed by atoms with E-state index in [1.807, 2.05) is 6.92 Å². The summed E-state index contributed by atoms with van der Waals surface area (Å²) in [4.78, 5) is 27.7. The summed E-state index contributed by atoms with van der Waals surface area (Å²) in [7, 11) is 0. The highest BCUT2D eigenvalue weighted by Gasteiger charge is 2.41. The van der Waals surface area contributed by atoms with E-state index in [-0.39, 0.29) is 12.5 Å². The first-order valence-corrected chi connectivity index (χ1v) is 6.79. The summed E-state index contributed by atoms with van der Waals surface area (Å²) in [6.07, 6.45) is 4.65. The Morgan fingerprint density at radius 2 is 2.17 bits per heavy atom. The molecule has 0 atom stereocenters. The Morgan fingerprint density at radius 3 is 2.67 bits per heavy atom. The Labute approximate surface area is 109 Å². The van der Waals surface area contributed by atoms with Crippen LogP contribution in [0.2, 0.25) is 0 Å². The summed E-state index contributed by atoms with van der Waals surface area (Å²) in [5.74, 6) is -1.03. The molecule has 1 amide bonds. The van der Waals surface area contributed by atoms with Crippen LogP contribution in [0.5, 0.6) is 0 Å². The predicted molar refractivity (Wildman–Crippen MR) is 67.7 cm³/mol. The number of aliphatic carboxylic acids is 1. The van der Waals surface area contributed by atoms with Gasteiger partial charge in [0, 0.05) is 6.54 Å². The molecule has 0 aliphatic heterocycles. The van der Waals surface area contributed by atoms with Crippen LogP contribution >= 0.6 is 11.3 Å². The van der Waals surface area contributed by atoms with Crippen LogP contribution in [0.25, 0.3) is 0 Å². The number of aryl methyl sites for hydroxylation is 1. The maximum atomic E-state index is 11.8.